The lowest BCUT2D eigenvalue weighted by molar-refractivity contribution is -0.131. The summed E-state index contributed by atoms with van der Waals surface area (Å²) in [5.74, 6) is 0.382. The SMILES string of the molecule is Cn1ccnc1C(=O)[C@@H]1CCCN(C(=O)Cc2cccc(O)c2)C1. The third kappa shape index (κ3) is 3.48. The van der Waals surface area contributed by atoms with Gasteiger partial charge >= 0.3 is 0 Å². The Bertz CT molecular complexity index is 753. The monoisotopic (exact) mass is 327 g/mol. The van der Waals surface area contributed by atoms with Crippen LogP contribution < -0.4 is 0 Å². The fraction of sp³-hybridized carbons (Fsp3) is 0.389. The zero-order valence-electron chi connectivity index (χ0n) is 13.7. The Morgan fingerprint density at radius 2 is 2.21 bits per heavy atom. The highest BCUT2D eigenvalue weighted by atomic mass is 16.3. The topological polar surface area (TPSA) is 75.4 Å². The van der Waals surface area contributed by atoms with Crippen LogP contribution in [-0.2, 0) is 18.3 Å². The molecule has 126 valence electrons. The average Bonchev–Trinajstić information content (AvgIpc) is 3.00. The van der Waals surface area contributed by atoms with Gasteiger partial charge in [0.25, 0.3) is 0 Å². The molecule has 0 saturated carbocycles. The first kappa shape index (κ1) is 16.2. The van der Waals surface area contributed by atoms with Crippen molar-refractivity contribution in [2.75, 3.05) is 13.1 Å². The second-order valence-corrected chi connectivity index (χ2v) is 6.25. The summed E-state index contributed by atoms with van der Waals surface area (Å²) in [6.45, 7) is 1.10. The number of carbonyl (C=O) groups excluding carboxylic acids is 2. The Labute approximate surface area is 140 Å². The predicted molar refractivity (Wildman–Crippen MR) is 88.7 cm³/mol. The van der Waals surface area contributed by atoms with Gasteiger partial charge in [-0.05, 0) is 30.5 Å². The van der Waals surface area contributed by atoms with Crippen LogP contribution in [0.1, 0.15) is 29.0 Å². The van der Waals surface area contributed by atoms with Crippen molar-refractivity contribution < 1.29 is 14.7 Å². The zero-order valence-corrected chi connectivity index (χ0v) is 13.7. The maximum absolute atomic E-state index is 12.6. The van der Waals surface area contributed by atoms with Gasteiger partial charge in [0.15, 0.2) is 5.82 Å². The minimum absolute atomic E-state index is 0.00245. The molecule has 1 amide bonds. The van der Waals surface area contributed by atoms with Crippen molar-refractivity contribution >= 4 is 11.7 Å². The third-order valence-electron chi connectivity index (χ3n) is 4.45. The number of benzene rings is 1. The number of aryl methyl sites for hydroxylation is 1. The first-order valence-electron chi connectivity index (χ1n) is 8.12. The van der Waals surface area contributed by atoms with Crippen molar-refractivity contribution in [2.45, 2.75) is 19.3 Å². The van der Waals surface area contributed by atoms with E-state index in [2.05, 4.69) is 4.98 Å². The van der Waals surface area contributed by atoms with Gasteiger partial charge in [0, 0.05) is 38.4 Å². The molecule has 0 bridgehead atoms. The molecule has 1 fully saturated rings. The van der Waals surface area contributed by atoms with Gasteiger partial charge in [-0.2, -0.15) is 0 Å². The minimum atomic E-state index is -0.201. The van der Waals surface area contributed by atoms with Gasteiger partial charge in [-0.1, -0.05) is 12.1 Å². The highest BCUT2D eigenvalue weighted by Crippen LogP contribution is 2.21. The fourth-order valence-electron chi connectivity index (χ4n) is 3.16. The number of imidazole rings is 1. The van der Waals surface area contributed by atoms with Crippen molar-refractivity contribution in [1.82, 2.24) is 14.5 Å². The lowest BCUT2D eigenvalue weighted by Gasteiger charge is -2.32. The van der Waals surface area contributed by atoms with Crippen LogP contribution in [-0.4, -0.2) is 44.3 Å². The van der Waals surface area contributed by atoms with Gasteiger partial charge in [0.2, 0.25) is 11.7 Å². The maximum Gasteiger partial charge on any atom is 0.227 e. The van der Waals surface area contributed by atoms with E-state index in [4.69, 9.17) is 0 Å². The number of amides is 1. The second-order valence-electron chi connectivity index (χ2n) is 6.25. The van der Waals surface area contributed by atoms with E-state index in [9.17, 15) is 14.7 Å². The van der Waals surface area contributed by atoms with Gasteiger partial charge in [-0.25, -0.2) is 4.98 Å². The summed E-state index contributed by atoms with van der Waals surface area (Å²) < 4.78 is 1.72. The number of ketones is 1. The number of rotatable bonds is 4. The van der Waals surface area contributed by atoms with Crippen molar-refractivity contribution in [1.29, 1.82) is 0 Å². The smallest absolute Gasteiger partial charge is 0.227 e. The molecule has 3 rings (SSSR count). The van der Waals surface area contributed by atoms with Crippen molar-refractivity contribution in [3.8, 4) is 5.75 Å². The summed E-state index contributed by atoms with van der Waals surface area (Å²) in [6.07, 6.45) is 5.19. The van der Waals surface area contributed by atoms with Crippen LogP contribution >= 0.6 is 0 Å². The predicted octanol–water partition coefficient (Wildman–Crippen LogP) is 1.79. The van der Waals surface area contributed by atoms with E-state index in [-0.39, 0.29) is 29.8 Å². The molecule has 1 saturated heterocycles. The molecule has 0 radical (unpaired) electrons. The number of piperidine rings is 1. The van der Waals surface area contributed by atoms with E-state index in [0.717, 1.165) is 18.4 Å². The van der Waals surface area contributed by atoms with Crippen LogP contribution in [0.5, 0.6) is 5.75 Å². The number of phenols is 1. The first-order chi connectivity index (χ1) is 11.5. The summed E-state index contributed by atoms with van der Waals surface area (Å²) in [5.41, 5.74) is 0.776. The summed E-state index contributed by atoms with van der Waals surface area (Å²) in [5, 5.41) is 9.50. The molecule has 1 N–H and O–H groups in total. The molecule has 0 aliphatic carbocycles. The van der Waals surface area contributed by atoms with Crippen LogP contribution in [0, 0.1) is 5.92 Å². The molecule has 2 aromatic rings. The largest absolute Gasteiger partial charge is 0.508 e. The first-order valence-corrected chi connectivity index (χ1v) is 8.12. The number of aromatic hydroxyl groups is 1. The Morgan fingerprint density at radius 1 is 1.38 bits per heavy atom. The number of hydrogen-bond donors (Lipinski definition) is 1. The molecule has 0 spiro atoms. The lowest BCUT2D eigenvalue weighted by atomic mass is 9.93. The van der Waals surface area contributed by atoms with Crippen molar-refractivity contribution in [3.05, 3.63) is 48.0 Å². The molecule has 24 heavy (non-hydrogen) atoms. The van der Waals surface area contributed by atoms with E-state index in [1.165, 1.54) is 0 Å². The van der Waals surface area contributed by atoms with E-state index in [1.54, 1.807) is 47.1 Å². The molecule has 1 aliphatic heterocycles. The highest BCUT2D eigenvalue weighted by Gasteiger charge is 2.30. The Morgan fingerprint density at radius 3 is 2.92 bits per heavy atom. The van der Waals surface area contributed by atoms with Gasteiger partial charge in [-0.3, -0.25) is 9.59 Å². The number of nitrogens with zero attached hydrogens (tertiary/aromatic N) is 3. The van der Waals surface area contributed by atoms with Gasteiger partial charge in [-0.15, -0.1) is 0 Å². The number of phenolic OH excluding ortho intramolecular Hbond substituents is 1. The molecular weight excluding hydrogens is 306 g/mol. The third-order valence-corrected chi connectivity index (χ3v) is 4.45. The number of aromatic nitrogens is 2. The van der Waals surface area contributed by atoms with E-state index >= 15 is 0 Å². The summed E-state index contributed by atoms with van der Waals surface area (Å²) >= 11 is 0. The number of carbonyl (C=O) groups is 2. The number of likely N-dealkylation sites (tertiary alicyclic amines) is 1. The Hall–Kier alpha value is -2.63. The van der Waals surface area contributed by atoms with Gasteiger partial charge in [0.05, 0.1) is 6.42 Å². The average molecular weight is 327 g/mol. The summed E-state index contributed by atoms with van der Waals surface area (Å²) in [6, 6.07) is 6.72. The van der Waals surface area contributed by atoms with Gasteiger partial charge in [0.1, 0.15) is 5.75 Å². The molecule has 2 heterocycles. The molecule has 1 aromatic carbocycles. The van der Waals surface area contributed by atoms with Crippen LogP contribution in [0.4, 0.5) is 0 Å². The standard InChI is InChI=1S/C18H21N3O3/c1-20-9-7-19-18(20)17(24)14-5-3-8-21(12-14)16(23)11-13-4-2-6-15(22)10-13/h2,4,6-7,9-10,14,22H,3,5,8,11-12H2,1H3/t14-/m1/s1. The lowest BCUT2D eigenvalue weighted by Crippen LogP contribution is -2.43. The summed E-state index contributed by atoms with van der Waals surface area (Å²) in [7, 11) is 1.80. The van der Waals surface area contributed by atoms with Crippen LogP contribution in [0.3, 0.4) is 0 Å². The van der Waals surface area contributed by atoms with Crippen molar-refractivity contribution in [3.63, 3.8) is 0 Å². The van der Waals surface area contributed by atoms with Gasteiger partial charge < -0.3 is 14.6 Å². The summed E-state index contributed by atoms with van der Waals surface area (Å²) in [4.78, 5) is 31.0. The van der Waals surface area contributed by atoms with E-state index in [1.807, 2.05) is 6.07 Å². The second kappa shape index (κ2) is 6.86. The molecule has 0 unspecified atom stereocenters. The van der Waals surface area contributed by atoms with Crippen LogP contribution in [0.15, 0.2) is 36.7 Å². The zero-order chi connectivity index (χ0) is 17.1. The maximum atomic E-state index is 12.6. The normalized spacial score (nSPS) is 17.7. The van der Waals surface area contributed by atoms with Crippen LogP contribution in [0.25, 0.3) is 0 Å². The highest BCUT2D eigenvalue weighted by molar-refractivity contribution is 5.95. The van der Waals surface area contributed by atoms with E-state index in [0.29, 0.717) is 18.9 Å². The number of Topliss-reactive ketones (excluding diaryl/α,β-unsaturated/α-hetero) is 1. The molecule has 1 aliphatic rings. The Kier molecular flexibility index (Phi) is 4.64. The van der Waals surface area contributed by atoms with Crippen molar-refractivity contribution in [2.24, 2.45) is 13.0 Å². The number of hydrogen-bond acceptors (Lipinski definition) is 4. The van der Waals surface area contributed by atoms with E-state index < -0.39 is 0 Å². The van der Waals surface area contributed by atoms with Crippen LogP contribution in [0.2, 0.25) is 0 Å². The molecule has 6 nitrogen and oxygen atoms in total. The Balaban J connectivity index is 1.66. The fourth-order valence-corrected chi connectivity index (χ4v) is 3.16. The molecule has 6 heteroatoms. The minimum Gasteiger partial charge on any atom is -0.508 e. The molecule has 1 aromatic heterocycles. The quantitative estimate of drug-likeness (QED) is 0.869. The molecular formula is C18H21N3O3. The molecule has 1 atom stereocenters.